The van der Waals surface area contributed by atoms with Gasteiger partial charge in [-0.05, 0) is 36.4 Å². The van der Waals surface area contributed by atoms with Crippen LogP contribution in [0.5, 0.6) is 0 Å². The van der Waals surface area contributed by atoms with Crippen LogP contribution >= 0.6 is 35.1 Å². The van der Waals surface area contributed by atoms with E-state index in [0.29, 0.717) is 10.7 Å². The Hall–Kier alpha value is -1.63. The Morgan fingerprint density at radius 1 is 1.00 bits per heavy atom. The fraction of sp³-hybridized carbons (Fsp3) is 0.125. The van der Waals surface area contributed by atoms with E-state index in [1.807, 2.05) is 30.3 Å². The first kappa shape index (κ1) is 17.7. The summed E-state index contributed by atoms with van der Waals surface area (Å²) in [4.78, 5) is 24.8. The molecule has 0 spiro atoms. The summed E-state index contributed by atoms with van der Waals surface area (Å²) in [6.07, 6.45) is 0. The summed E-state index contributed by atoms with van der Waals surface area (Å²) in [6, 6.07) is 14.6. The van der Waals surface area contributed by atoms with Crippen LogP contribution in [0.25, 0.3) is 0 Å². The van der Waals surface area contributed by atoms with Crippen molar-refractivity contribution in [2.45, 2.75) is 9.79 Å². The van der Waals surface area contributed by atoms with E-state index in [1.54, 1.807) is 18.2 Å². The molecule has 2 aromatic rings. The van der Waals surface area contributed by atoms with E-state index in [1.165, 1.54) is 23.5 Å². The molecule has 0 saturated heterocycles. The molecule has 0 aliphatic carbocycles. The van der Waals surface area contributed by atoms with Gasteiger partial charge in [0.25, 0.3) is 0 Å². The van der Waals surface area contributed by atoms with Crippen molar-refractivity contribution >= 4 is 52.6 Å². The zero-order valence-electron chi connectivity index (χ0n) is 12.1. The quantitative estimate of drug-likeness (QED) is 0.733. The van der Waals surface area contributed by atoms with Crippen molar-refractivity contribution in [1.29, 1.82) is 0 Å². The smallest absolute Gasteiger partial charge is 0.234 e. The van der Waals surface area contributed by atoms with E-state index in [0.717, 1.165) is 9.79 Å². The van der Waals surface area contributed by atoms with E-state index in [2.05, 4.69) is 5.32 Å². The number of primary amides is 1. The van der Waals surface area contributed by atoms with Crippen molar-refractivity contribution in [3.05, 3.63) is 53.6 Å². The van der Waals surface area contributed by atoms with Crippen molar-refractivity contribution < 1.29 is 9.59 Å². The molecule has 2 aromatic carbocycles. The van der Waals surface area contributed by atoms with Gasteiger partial charge >= 0.3 is 0 Å². The first-order valence-corrected chi connectivity index (χ1v) is 9.08. The van der Waals surface area contributed by atoms with Gasteiger partial charge in [-0.15, -0.1) is 23.5 Å². The minimum absolute atomic E-state index is 0.114. The first-order valence-electron chi connectivity index (χ1n) is 6.73. The van der Waals surface area contributed by atoms with Gasteiger partial charge in [0.2, 0.25) is 11.8 Å². The summed E-state index contributed by atoms with van der Waals surface area (Å²) < 4.78 is 0. The molecule has 0 aliphatic rings. The number of hydrogen-bond donors (Lipinski definition) is 2. The zero-order chi connectivity index (χ0) is 16.7. The molecule has 0 radical (unpaired) electrons. The predicted molar refractivity (Wildman–Crippen MR) is 97.2 cm³/mol. The lowest BCUT2D eigenvalue weighted by Crippen LogP contribution is -2.15. The highest BCUT2D eigenvalue weighted by Gasteiger charge is 2.08. The highest BCUT2D eigenvalue weighted by Crippen LogP contribution is 2.27. The van der Waals surface area contributed by atoms with Crippen LogP contribution in [-0.4, -0.2) is 23.3 Å². The Bertz CT molecular complexity index is 693. The Labute approximate surface area is 148 Å². The maximum Gasteiger partial charge on any atom is 0.234 e. The van der Waals surface area contributed by atoms with Crippen LogP contribution in [-0.2, 0) is 9.59 Å². The SMILES string of the molecule is NC(=O)CSc1ccccc1NC(=O)CSc1ccc(Cl)cc1. The van der Waals surface area contributed by atoms with Gasteiger partial charge in [0.05, 0.1) is 17.2 Å². The Morgan fingerprint density at radius 2 is 1.70 bits per heavy atom. The molecule has 0 aliphatic heterocycles. The predicted octanol–water partition coefficient (Wildman–Crippen LogP) is 3.65. The van der Waals surface area contributed by atoms with Crippen molar-refractivity contribution in [2.24, 2.45) is 5.73 Å². The Kier molecular flexibility index (Phi) is 6.83. The molecule has 7 heteroatoms. The van der Waals surface area contributed by atoms with Crippen LogP contribution in [0.3, 0.4) is 0 Å². The molecular formula is C16H15ClN2O2S2. The average molecular weight is 367 g/mol. The lowest BCUT2D eigenvalue weighted by molar-refractivity contribution is -0.115. The van der Waals surface area contributed by atoms with Crippen molar-refractivity contribution in [3.63, 3.8) is 0 Å². The molecule has 2 rings (SSSR count). The third kappa shape index (κ3) is 6.17. The fourth-order valence-electron chi connectivity index (χ4n) is 1.71. The number of amides is 2. The molecule has 0 saturated carbocycles. The Balaban J connectivity index is 1.92. The van der Waals surface area contributed by atoms with Gasteiger partial charge in [-0.2, -0.15) is 0 Å². The van der Waals surface area contributed by atoms with Crippen LogP contribution in [0.1, 0.15) is 0 Å². The van der Waals surface area contributed by atoms with Crippen molar-refractivity contribution in [2.75, 3.05) is 16.8 Å². The molecule has 120 valence electrons. The molecule has 0 atom stereocenters. The summed E-state index contributed by atoms with van der Waals surface area (Å²) in [7, 11) is 0. The van der Waals surface area contributed by atoms with Crippen LogP contribution in [0.2, 0.25) is 5.02 Å². The van der Waals surface area contributed by atoms with E-state index in [9.17, 15) is 9.59 Å². The number of carbonyl (C=O) groups is 2. The molecule has 3 N–H and O–H groups in total. The maximum absolute atomic E-state index is 12.1. The fourth-order valence-corrected chi connectivity index (χ4v) is 3.28. The summed E-state index contributed by atoms with van der Waals surface area (Å²) in [6.45, 7) is 0. The minimum atomic E-state index is -0.394. The van der Waals surface area contributed by atoms with Gasteiger partial charge in [0.1, 0.15) is 0 Å². The molecule has 0 heterocycles. The van der Waals surface area contributed by atoms with Crippen LogP contribution in [0, 0.1) is 0 Å². The summed E-state index contributed by atoms with van der Waals surface area (Å²) >= 11 is 8.56. The molecule has 23 heavy (non-hydrogen) atoms. The lowest BCUT2D eigenvalue weighted by atomic mass is 10.3. The van der Waals surface area contributed by atoms with Gasteiger partial charge in [-0.3, -0.25) is 9.59 Å². The number of rotatable bonds is 7. The van der Waals surface area contributed by atoms with Crippen molar-refractivity contribution in [3.8, 4) is 0 Å². The second kappa shape index (κ2) is 8.86. The zero-order valence-corrected chi connectivity index (χ0v) is 14.5. The number of nitrogens with two attached hydrogens (primary N) is 1. The highest BCUT2D eigenvalue weighted by molar-refractivity contribution is 8.00. The van der Waals surface area contributed by atoms with Gasteiger partial charge in [0, 0.05) is 14.8 Å². The monoisotopic (exact) mass is 366 g/mol. The third-order valence-corrected chi connectivity index (χ3v) is 5.07. The van der Waals surface area contributed by atoms with E-state index in [-0.39, 0.29) is 17.4 Å². The molecule has 0 unspecified atom stereocenters. The number of anilines is 1. The third-order valence-electron chi connectivity index (χ3n) is 2.71. The topological polar surface area (TPSA) is 72.2 Å². The van der Waals surface area contributed by atoms with Crippen LogP contribution < -0.4 is 11.1 Å². The van der Waals surface area contributed by atoms with Crippen LogP contribution in [0.4, 0.5) is 5.69 Å². The highest BCUT2D eigenvalue weighted by atomic mass is 35.5. The number of hydrogen-bond acceptors (Lipinski definition) is 4. The molecular weight excluding hydrogens is 352 g/mol. The van der Waals surface area contributed by atoms with E-state index < -0.39 is 5.91 Å². The largest absolute Gasteiger partial charge is 0.369 e. The van der Waals surface area contributed by atoms with E-state index >= 15 is 0 Å². The second-order valence-corrected chi connectivity index (χ2v) is 7.04. The summed E-state index contributed by atoms with van der Waals surface area (Å²) in [5.74, 6) is -0.0467. The number of nitrogens with one attached hydrogen (secondary N) is 1. The Morgan fingerprint density at radius 3 is 2.39 bits per heavy atom. The van der Waals surface area contributed by atoms with Crippen molar-refractivity contribution in [1.82, 2.24) is 0 Å². The second-order valence-electron chi connectivity index (χ2n) is 4.54. The standard InChI is InChI=1S/C16H15ClN2O2S2/c17-11-5-7-12(8-6-11)22-10-16(21)19-13-3-1-2-4-14(13)23-9-15(18)20/h1-8H,9-10H2,(H2,18,20)(H,19,21). The normalized spacial score (nSPS) is 10.3. The molecule has 4 nitrogen and oxygen atoms in total. The maximum atomic E-state index is 12.1. The minimum Gasteiger partial charge on any atom is -0.369 e. The molecule has 0 bridgehead atoms. The van der Waals surface area contributed by atoms with Gasteiger partial charge in [-0.1, -0.05) is 23.7 Å². The van der Waals surface area contributed by atoms with E-state index in [4.69, 9.17) is 17.3 Å². The molecule has 2 amide bonds. The lowest BCUT2D eigenvalue weighted by Gasteiger charge is -2.10. The van der Waals surface area contributed by atoms with Gasteiger partial charge in [-0.25, -0.2) is 0 Å². The number of benzene rings is 2. The van der Waals surface area contributed by atoms with Gasteiger partial charge < -0.3 is 11.1 Å². The number of thioether (sulfide) groups is 2. The average Bonchev–Trinajstić information content (AvgIpc) is 2.53. The van der Waals surface area contributed by atoms with Crippen LogP contribution in [0.15, 0.2) is 58.3 Å². The van der Waals surface area contributed by atoms with Gasteiger partial charge in [0.15, 0.2) is 0 Å². The summed E-state index contributed by atoms with van der Waals surface area (Å²) in [5.41, 5.74) is 5.84. The number of carbonyl (C=O) groups excluding carboxylic acids is 2. The summed E-state index contributed by atoms with van der Waals surface area (Å²) in [5, 5.41) is 3.52. The molecule has 0 aromatic heterocycles. The molecule has 0 fully saturated rings. The number of para-hydroxylation sites is 1. The first-order chi connectivity index (χ1) is 11.0. The number of halogens is 1.